The lowest BCUT2D eigenvalue weighted by Gasteiger charge is -2.34. The van der Waals surface area contributed by atoms with E-state index in [1.165, 1.54) is 32.1 Å². The lowest BCUT2D eigenvalue weighted by molar-refractivity contribution is 0.0671. The van der Waals surface area contributed by atoms with Gasteiger partial charge in [0.25, 0.3) is 5.91 Å². The summed E-state index contributed by atoms with van der Waals surface area (Å²) in [7, 11) is 2.14. The van der Waals surface area contributed by atoms with Crippen LogP contribution in [0.2, 0.25) is 0 Å². The van der Waals surface area contributed by atoms with Gasteiger partial charge in [-0.2, -0.15) is 0 Å². The lowest BCUT2D eigenvalue weighted by Crippen LogP contribution is -2.51. The van der Waals surface area contributed by atoms with Crippen LogP contribution in [0.25, 0.3) is 0 Å². The monoisotopic (exact) mass is 435 g/mol. The summed E-state index contributed by atoms with van der Waals surface area (Å²) in [6.07, 6.45) is 10.0. The SMILES string of the molecule is CN(CC1CCCCC1)c1ccc(C(=O)N2CCN(C(=O)Nc3cccnc3)CC2)cc1. The highest BCUT2D eigenvalue weighted by Gasteiger charge is 2.25. The van der Waals surface area contributed by atoms with Gasteiger partial charge in [-0.05, 0) is 55.2 Å². The standard InChI is InChI=1S/C25H33N5O2/c1-28(19-20-6-3-2-4-7-20)23-11-9-21(10-12-23)24(31)29-14-16-30(17-15-29)25(32)27-22-8-5-13-26-18-22/h5,8-13,18,20H,2-4,6-7,14-17,19H2,1H3,(H,27,32). The number of piperazine rings is 1. The molecule has 0 bridgehead atoms. The first-order chi connectivity index (χ1) is 15.6. The first-order valence-corrected chi connectivity index (χ1v) is 11.7. The second-order valence-corrected chi connectivity index (χ2v) is 8.88. The number of nitrogens with zero attached hydrogens (tertiary/aromatic N) is 4. The molecule has 3 amide bonds. The molecule has 1 aliphatic heterocycles. The van der Waals surface area contributed by atoms with Crippen molar-refractivity contribution in [1.29, 1.82) is 0 Å². The van der Waals surface area contributed by atoms with Gasteiger partial charge in [0, 0.05) is 57.2 Å². The van der Waals surface area contributed by atoms with Crippen LogP contribution in [0.4, 0.5) is 16.2 Å². The third-order valence-electron chi connectivity index (χ3n) is 6.58. The molecule has 1 aromatic carbocycles. The van der Waals surface area contributed by atoms with Gasteiger partial charge in [-0.1, -0.05) is 19.3 Å². The molecule has 7 heteroatoms. The minimum Gasteiger partial charge on any atom is -0.374 e. The zero-order valence-corrected chi connectivity index (χ0v) is 18.9. The number of hydrogen-bond acceptors (Lipinski definition) is 4. The van der Waals surface area contributed by atoms with Gasteiger partial charge in [-0.25, -0.2) is 4.79 Å². The van der Waals surface area contributed by atoms with Gasteiger partial charge >= 0.3 is 6.03 Å². The highest BCUT2D eigenvalue weighted by Crippen LogP contribution is 2.26. The maximum Gasteiger partial charge on any atom is 0.322 e. The quantitative estimate of drug-likeness (QED) is 0.768. The van der Waals surface area contributed by atoms with E-state index in [4.69, 9.17) is 0 Å². The summed E-state index contributed by atoms with van der Waals surface area (Å²) in [5, 5.41) is 2.85. The van der Waals surface area contributed by atoms with Crippen LogP contribution in [0.1, 0.15) is 42.5 Å². The van der Waals surface area contributed by atoms with E-state index in [-0.39, 0.29) is 11.9 Å². The van der Waals surface area contributed by atoms with Crippen molar-refractivity contribution >= 4 is 23.3 Å². The predicted octanol–water partition coefficient (Wildman–Crippen LogP) is 4.09. The molecule has 2 fully saturated rings. The summed E-state index contributed by atoms with van der Waals surface area (Å²) in [6.45, 7) is 3.17. The molecule has 0 unspecified atom stereocenters. The van der Waals surface area contributed by atoms with Gasteiger partial charge in [0.05, 0.1) is 11.9 Å². The fraction of sp³-hybridized carbons (Fsp3) is 0.480. The number of aromatic nitrogens is 1. The van der Waals surface area contributed by atoms with Gasteiger partial charge in [-0.3, -0.25) is 9.78 Å². The van der Waals surface area contributed by atoms with Crippen molar-refractivity contribution in [2.45, 2.75) is 32.1 Å². The molecule has 0 atom stereocenters. The molecule has 2 aromatic rings. The first kappa shape index (κ1) is 22.1. The summed E-state index contributed by atoms with van der Waals surface area (Å²) in [5.74, 6) is 0.806. The zero-order valence-electron chi connectivity index (χ0n) is 18.9. The van der Waals surface area contributed by atoms with E-state index in [2.05, 4.69) is 22.2 Å². The van der Waals surface area contributed by atoms with Crippen molar-refractivity contribution in [2.24, 2.45) is 5.92 Å². The molecule has 1 saturated carbocycles. The van der Waals surface area contributed by atoms with Crippen LogP contribution < -0.4 is 10.2 Å². The summed E-state index contributed by atoms with van der Waals surface area (Å²) < 4.78 is 0. The van der Waals surface area contributed by atoms with E-state index in [9.17, 15) is 9.59 Å². The number of hydrogen-bond donors (Lipinski definition) is 1. The highest BCUT2D eigenvalue weighted by atomic mass is 16.2. The number of carbonyl (C=O) groups excluding carboxylic acids is 2. The molecule has 2 aliphatic rings. The number of benzene rings is 1. The molecule has 170 valence electrons. The summed E-state index contributed by atoms with van der Waals surface area (Å²) >= 11 is 0. The van der Waals surface area contributed by atoms with Crippen LogP contribution in [0, 0.1) is 5.92 Å². The van der Waals surface area contributed by atoms with E-state index in [0.717, 1.165) is 18.2 Å². The Kier molecular flexibility index (Phi) is 7.24. The third-order valence-corrected chi connectivity index (χ3v) is 6.58. The molecule has 0 spiro atoms. The molecular formula is C25H33N5O2. The van der Waals surface area contributed by atoms with Crippen molar-refractivity contribution in [1.82, 2.24) is 14.8 Å². The average molecular weight is 436 g/mol. The maximum absolute atomic E-state index is 13.0. The Bertz CT molecular complexity index is 888. The van der Waals surface area contributed by atoms with E-state index in [1.807, 2.05) is 29.2 Å². The molecular weight excluding hydrogens is 402 g/mol. The molecule has 1 saturated heterocycles. The Morgan fingerprint density at radius 3 is 2.34 bits per heavy atom. The van der Waals surface area contributed by atoms with Gasteiger partial charge in [-0.15, -0.1) is 0 Å². The average Bonchev–Trinajstić information content (AvgIpc) is 2.85. The maximum atomic E-state index is 13.0. The number of nitrogens with one attached hydrogen (secondary N) is 1. The molecule has 32 heavy (non-hydrogen) atoms. The minimum atomic E-state index is -0.157. The molecule has 0 radical (unpaired) electrons. The predicted molar refractivity (Wildman–Crippen MR) is 127 cm³/mol. The molecule has 2 heterocycles. The second kappa shape index (κ2) is 10.5. The van der Waals surface area contributed by atoms with Gasteiger partial charge in [0.2, 0.25) is 0 Å². The molecule has 7 nitrogen and oxygen atoms in total. The fourth-order valence-electron chi connectivity index (χ4n) is 4.66. The Labute approximate surface area is 190 Å². The Morgan fingerprint density at radius 1 is 1.00 bits per heavy atom. The Morgan fingerprint density at radius 2 is 1.69 bits per heavy atom. The fourth-order valence-corrected chi connectivity index (χ4v) is 4.66. The summed E-state index contributed by atoms with van der Waals surface area (Å²) in [5.41, 5.74) is 2.53. The summed E-state index contributed by atoms with van der Waals surface area (Å²) in [4.78, 5) is 35.3. The molecule has 1 N–H and O–H groups in total. The van der Waals surface area contributed by atoms with Crippen molar-refractivity contribution in [3.8, 4) is 0 Å². The van der Waals surface area contributed by atoms with Crippen molar-refractivity contribution < 1.29 is 9.59 Å². The Hall–Kier alpha value is -3.09. The van der Waals surface area contributed by atoms with Crippen LogP contribution in [0.5, 0.6) is 0 Å². The van der Waals surface area contributed by atoms with Crippen LogP contribution in [0.3, 0.4) is 0 Å². The largest absolute Gasteiger partial charge is 0.374 e. The van der Waals surface area contributed by atoms with E-state index in [0.29, 0.717) is 37.4 Å². The number of urea groups is 1. The zero-order chi connectivity index (χ0) is 22.3. The summed E-state index contributed by atoms with van der Waals surface area (Å²) in [6, 6.07) is 11.4. The topological polar surface area (TPSA) is 68.8 Å². The first-order valence-electron chi connectivity index (χ1n) is 11.7. The molecule has 1 aromatic heterocycles. The number of anilines is 2. The number of amides is 3. The number of pyridine rings is 1. The lowest BCUT2D eigenvalue weighted by atomic mass is 9.89. The van der Waals surface area contributed by atoms with Crippen LogP contribution in [-0.2, 0) is 0 Å². The second-order valence-electron chi connectivity index (χ2n) is 8.88. The van der Waals surface area contributed by atoms with Crippen LogP contribution >= 0.6 is 0 Å². The Balaban J connectivity index is 1.27. The van der Waals surface area contributed by atoms with Gasteiger partial charge in [0.15, 0.2) is 0 Å². The van der Waals surface area contributed by atoms with Gasteiger partial charge < -0.3 is 20.0 Å². The van der Waals surface area contributed by atoms with Crippen LogP contribution in [0.15, 0.2) is 48.8 Å². The normalized spacial score (nSPS) is 17.2. The van der Waals surface area contributed by atoms with Gasteiger partial charge in [0.1, 0.15) is 0 Å². The van der Waals surface area contributed by atoms with E-state index >= 15 is 0 Å². The number of rotatable bonds is 5. The van der Waals surface area contributed by atoms with Crippen LogP contribution in [-0.4, -0.2) is 66.5 Å². The number of carbonyl (C=O) groups is 2. The molecule has 1 aliphatic carbocycles. The smallest absolute Gasteiger partial charge is 0.322 e. The van der Waals surface area contributed by atoms with E-state index in [1.54, 1.807) is 29.4 Å². The highest BCUT2D eigenvalue weighted by molar-refractivity contribution is 5.95. The van der Waals surface area contributed by atoms with Crippen molar-refractivity contribution in [3.05, 3.63) is 54.4 Å². The van der Waals surface area contributed by atoms with E-state index < -0.39 is 0 Å². The van der Waals surface area contributed by atoms with Crippen molar-refractivity contribution in [3.63, 3.8) is 0 Å². The minimum absolute atomic E-state index is 0.0267. The molecule has 4 rings (SSSR count). The van der Waals surface area contributed by atoms with Crippen molar-refractivity contribution in [2.75, 3.05) is 50.0 Å². The third kappa shape index (κ3) is 5.58.